The van der Waals surface area contributed by atoms with Gasteiger partial charge in [-0.2, -0.15) is 18.6 Å². The van der Waals surface area contributed by atoms with Gasteiger partial charge < -0.3 is 0 Å². The molecule has 0 unspecified atom stereocenters. The second-order valence-corrected chi connectivity index (χ2v) is 4.05. The molecule has 3 nitrogen and oxygen atoms in total. The van der Waals surface area contributed by atoms with E-state index >= 15 is 0 Å². The first-order valence-electron chi connectivity index (χ1n) is 3.88. The molecule has 0 radical (unpaired) electrons. The Morgan fingerprint density at radius 2 is 1.93 bits per heavy atom. The molecular weight excluding hydrogens is 195 g/mol. The number of rotatable bonds is 3. The Labute approximate surface area is 96.8 Å². The molecule has 0 aliphatic rings. The maximum absolute atomic E-state index is 11.4. The Balaban J connectivity index is 0.00000169. The third kappa shape index (κ3) is 3.07. The first-order chi connectivity index (χ1) is 6.08. The number of hydrogen-bond donors (Lipinski definition) is 0. The van der Waals surface area contributed by atoms with Crippen molar-refractivity contribution in [2.45, 2.75) is 11.8 Å². The van der Waals surface area contributed by atoms with Gasteiger partial charge in [-0.3, -0.25) is 4.18 Å². The van der Waals surface area contributed by atoms with Crippen molar-refractivity contribution in [3.05, 3.63) is 36.8 Å². The molecule has 0 saturated carbocycles. The Bertz CT molecular complexity index is 387. The minimum Gasteiger partial charge on any atom is -0.276 e. The molecule has 1 aromatic carbocycles. The van der Waals surface area contributed by atoms with Crippen molar-refractivity contribution < 1.29 is 31.5 Å². The van der Waals surface area contributed by atoms with Gasteiger partial charge in [-0.1, -0.05) is 12.1 Å². The third-order valence-corrected chi connectivity index (χ3v) is 3.00. The largest absolute Gasteiger partial charge is 1.00 e. The molecule has 0 atom stereocenters. The van der Waals surface area contributed by atoms with Crippen LogP contribution >= 0.6 is 0 Å². The molecule has 1 aromatic rings. The van der Waals surface area contributed by atoms with E-state index < -0.39 is 10.1 Å². The van der Waals surface area contributed by atoms with E-state index in [1.54, 1.807) is 25.1 Å². The minimum absolute atomic E-state index is 0. The predicted octanol–water partition coefficient (Wildman–Crippen LogP) is -1.40. The summed E-state index contributed by atoms with van der Waals surface area (Å²) in [7, 11) is -3.60. The summed E-state index contributed by atoms with van der Waals surface area (Å²) in [5.74, 6) is 0. The van der Waals surface area contributed by atoms with Crippen LogP contribution < -0.4 is 18.9 Å². The van der Waals surface area contributed by atoms with Gasteiger partial charge in [-0.25, -0.2) is 8.42 Å². The average Bonchev–Trinajstić information content (AvgIpc) is 2.04. The van der Waals surface area contributed by atoms with E-state index in [-0.39, 0.29) is 30.4 Å². The van der Waals surface area contributed by atoms with Crippen LogP contribution in [0.2, 0.25) is 0 Å². The molecule has 0 saturated heterocycles. The first-order valence-corrected chi connectivity index (χ1v) is 5.29. The molecule has 0 aliphatic heterocycles. The van der Waals surface area contributed by atoms with Crippen molar-refractivity contribution in [1.29, 1.82) is 0 Å². The van der Waals surface area contributed by atoms with Crippen LogP contribution in [-0.2, 0) is 14.3 Å². The smallest absolute Gasteiger partial charge is 0.276 e. The zero-order valence-electron chi connectivity index (χ0n) is 8.36. The molecule has 0 spiro atoms. The van der Waals surface area contributed by atoms with Gasteiger partial charge in [-0.15, -0.1) is 6.07 Å². The van der Waals surface area contributed by atoms with Crippen LogP contribution in [0.3, 0.4) is 0 Å². The summed E-state index contributed by atoms with van der Waals surface area (Å²) in [6, 6.07) is 6.48. The minimum atomic E-state index is -3.60. The van der Waals surface area contributed by atoms with E-state index in [1.807, 2.05) is 0 Å². The van der Waals surface area contributed by atoms with Crippen LogP contribution in [0.25, 0.3) is 0 Å². The molecular formula is C9H11LiO3S. The fourth-order valence-corrected chi connectivity index (χ4v) is 2.04. The number of hydrogen-bond acceptors (Lipinski definition) is 3. The molecule has 0 bridgehead atoms. The summed E-state index contributed by atoms with van der Waals surface area (Å²) in [6.07, 6.45) is 0. The quantitative estimate of drug-likeness (QED) is 0.347. The molecule has 0 aromatic heterocycles. The average molecular weight is 206 g/mol. The number of benzene rings is 1. The van der Waals surface area contributed by atoms with E-state index in [0.717, 1.165) is 0 Å². The third-order valence-electron chi connectivity index (χ3n) is 1.51. The maximum atomic E-state index is 11.4. The van der Waals surface area contributed by atoms with E-state index in [2.05, 4.69) is 11.1 Å². The second-order valence-electron chi connectivity index (χ2n) is 2.47. The van der Waals surface area contributed by atoms with Crippen molar-refractivity contribution in [1.82, 2.24) is 0 Å². The molecule has 0 N–H and O–H groups in total. The van der Waals surface area contributed by atoms with Crippen LogP contribution in [-0.4, -0.2) is 15.0 Å². The van der Waals surface area contributed by atoms with Crippen LogP contribution in [0.4, 0.5) is 0 Å². The molecule has 5 heteroatoms. The van der Waals surface area contributed by atoms with Gasteiger partial charge in [-0.05, 0) is 11.8 Å². The van der Waals surface area contributed by atoms with Crippen molar-refractivity contribution in [3.8, 4) is 0 Å². The van der Waals surface area contributed by atoms with E-state index in [1.165, 1.54) is 6.07 Å². The zero-order valence-corrected chi connectivity index (χ0v) is 9.17. The molecule has 72 valence electrons. The van der Waals surface area contributed by atoms with Gasteiger partial charge >= 0.3 is 18.9 Å². The fraction of sp³-hybridized carbons (Fsp3) is 0.222. The summed E-state index contributed by atoms with van der Waals surface area (Å²) in [5, 5.41) is 0. The molecule has 0 amide bonds. The summed E-state index contributed by atoms with van der Waals surface area (Å²) in [4.78, 5) is 0.136. The maximum Gasteiger partial charge on any atom is 1.00 e. The van der Waals surface area contributed by atoms with Crippen LogP contribution in [0, 0.1) is 6.92 Å². The van der Waals surface area contributed by atoms with Gasteiger partial charge in [0, 0.05) is 0 Å². The van der Waals surface area contributed by atoms with Gasteiger partial charge in [0.25, 0.3) is 0 Å². The van der Waals surface area contributed by atoms with Crippen molar-refractivity contribution in [3.63, 3.8) is 0 Å². The van der Waals surface area contributed by atoms with E-state index in [9.17, 15) is 8.42 Å². The Kier molecular flexibility index (Phi) is 5.31. The van der Waals surface area contributed by atoms with Crippen molar-refractivity contribution >= 4 is 10.1 Å². The standard InChI is InChI=1S/C9H11O3S.Li/c1-3-12-13(10,11)9-7-5-4-6-8(9)2;/h4-7H,2-3H2,1H3;/q-1;+1. The van der Waals surface area contributed by atoms with Gasteiger partial charge in [0.05, 0.1) is 6.61 Å². The molecule has 0 heterocycles. The van der Waals surface area contributed by atoms with Gasteiger partial charge in [0.15, 0.2) is 0 Å². The molecule has 14 heavy (non-hydrogen) atoms. The Morgan fingerprint density at radius 1 is 1.36 bits per heavy atom. The molecule has 1 rings (SSSR count). The second kappa shape index (κ2) is 5.47. The van der Waals surface area contributed by atoms with Crippen LogP contribution in [0.15, 0.2) is 29.2 Å². The zero-order chi connectivity index (χ0) is 9.90. The van der Waals surface area contributed by atoms with Crippen LogP contribution in [0.1, 0.15) is 12.5 Å². The summed E-state index contributed by atoms with van der Waals surface area (Å²) >= 11 is 0. The summed E-state index contributed by atoms with van der Waals surface area (Å²) < 4.78 is 27.4. The topological polar surface area (TPSA) is 43.4 Å². The van der Waals surface area contributed by atoms with E-state index in [0.29, 0.717) is 5.56 Å². The molecule has 0 fully saturated rings. The van der Waals surface area contributed by atoms with Crippen LogP contribution in [0.5, 0.6) is 0 Å². The van der Waals surface area contributed by atoms with E-state index in [4.69, 9.17) is 0 Å². The molecule has 0 aliphatic carbocycles. The van der Waals surface area contributed by atoms with Gasteiger partial charge in [0.1, 0.15) is 0 Å². The SMILES string of the molecule is [CH2-]c1ccccc1S(=O)(=O)OCC.[Li+]. The Hall–Kier alpha value is -0.403. The fourth-order valence-electron chi connectivity index (χ4n) is 0.966. The predicted molar refractivity (Wildman–Crippen MR) is 49.7 cm³/mol. The first kappa shape index (κ1) is 13.6. The van der Waals surface area contributed by atoms with Crippen molar-refractivity contribution in [2.24, 2.45) is 0 Å². The summed E-state index contributed by atoms with van der Waals surface area (Å²) in [5.41, 5.74) is 0.455. The van der Waals surface area contributed by atoms with Crippen molar-refractivity contribution in [2.75, 3.05) is 6.61 Å². The Morgan fingerprint density at radius 3 is 2.43 bits per heavy atom. The normalized spacial score (nSPS) is 10.6. The summed E-state index contributed by atoms with van der Waals surface area (Å²) in [6.45, 7) is 5.37. The van der Waals surface area contributed by atoms with Gasteiger partial charge in [0.2, 0.25) is 10.1 Å². The monoisotopic (exact) mass is 206 g/mol.